The van der Waals surface area contributed by atoms with Gasteiger partial charge < -0.3 is 9.67 Å². The number of carbonyl (C=O) groups is 1. The third-order valence-corrected chi connectivity index (χ3v) is 7.35. The summed E-state index contributed by atoms with van der Waals surface area (Å²) in [4.78, 5) is 12.1. The fourth-order valence-electron chi connectivity index (χ4n) is 4.38. The molecule has 152 valence electrons. The molecule has 1 unspecified atom stereocenters. The van der Waals surface area contributed by atoms with Crippen molar-refractivity contribution in [3.63, 3.8) is 0 Å². The molecule has 0 bridgehead atoms. The second-order valence-corrected chi connectivity index (χ2v) is 10.4. The molecule has 0 fully saturated rings. The number of fused-ring (bicyclic) bond motifs is 3. The van der Waals surface area contributed by atoms with Crippen molar-refractivity contribution in [2.24, 2.45) is 5.41 Å². The lowest BCUT2D eigenvalue weighted by Gasteiger charge is -2.32. The Hall–Kier alpha value is -2.60. The van der Waals surface area contributed by atoms with Crippen LogP contribution >= 0.6 is 0 Å². The van der Waals surface area contributed by atoms with E-state index in [0.717, 1.165) is 22.0 Å². The SMILES string of the molecule is Cc1cc(S(C)(=O)=O)ccc1Cc1c2n(c3ccccc13)CC(C)(C(=O)O)CC2. The van der Waals surface area contributed by atoms with Crippen LogP contribution in [-0.2, 0) is 34.0 Å². The normalized spacial score (nSPS) is 19.3. The Balaban J connectivity index is 1.82. The van der Waals surface area contributed by atoms with Crippen LogP contribution in [0.2, 0.25) is 0 Å². The molecule has 0 amide bonds. The Bertz CT molecular complexity index is 1240. The average molecular weight is 412 g/mol. The second-order valence-electron chi connectivity index (χ2n) is 8.43. The number of carboxylic acids is 1. The molecule has 1 aliphatic heterocycles. The maximum absolute atomic E-state index is 11.8. The first-order valence-electron chi connectivity index (χ1n) is 9.72. The summed E-state index contributed by atoms with van der Waals surface area (Å²) >= 11 is 0. The molecular weight excluding hydrogens is 386 g/mol. The molecule has 0 aliphatic carbocycles. The van der Waals surface area contributed by atoms with E-state index in [1.807, 2.05) is 32.0 Å². The molecule has 4 rings (SSSR count). The summed E-state index contributed by atoms with van der Waals surface area (Å²) in [7, 11) is -3.23. The van der Waals surface area contributed by atoms with E-state index in [4.69, 9.17) is 0 Å². The maximum Gasteiger partial charge on any atom is 0.311 e. The Labute approximate surface area is 170 Å². The molecule has 5 nitrogen and oxygen atoms in total. The van der Waals surface area contributed by atoms with Gasteiger partial charge in [-0.15, -0.1) is 0 Å². The minimum absolute atomic E-state index is 0.333. The van der Waals surface area contributed by atoms with Gasteiger partial charge in [0.15, 0.2) is 9.84 Å². The number of sulfone groups is 1. The number of nitrogens with zero attached hydrogens (tertiary/aromatic N) is 1. The summed E-state index contributed by atoms with van der Waals surface area (Å²) in [6.45, 7) is 4.22. The highest BCUT2D eigenvalue weighted by Crippen LogP contribution is 2.39. The fraction of sp³-hybridized carbons (Fsp3) is 0.348. The Morgan fingerprint density at radius 2 is 1.93 bits per heavy atom. The Morgan fingerprint density at radius 3 is 2.59 bits per heavy atom. The van der Waals surface area contributed by atoms with E-state index in [0.29, 0.717) is 30.7 Å². The van der Waals surface area contributed by atoms with Gasteiger partial charge in [-0.2, -0.15) is 0 Å². The van der Waals surface area contributed by atoms with Crippen LogP contribution in [0.15, 0.2) is 47.4 Å². The average Bonchev–Trinajstić information content (AvgIpc) is 2.95. The highest BCUT2D eigenvalue weighted by molar-refractivity contribution is 7.90. The van der Waals surface area contributed by atoms with Crippen LogP contribution in [0, 0.1) is 12.3 Å². The van der Waals surface area contributed by atoms with E-state index in [1.54, 1.807) is 12.1 Å². The number of carboxylic acid groups (broad SMARTS) is 1. The molecule has 1 aromatic heterocycles. The van der Waals surface area contributed by atoms with Crippen molar-refractivity contribution in [3.05, 3.63) is 64.8 Å². The molecule has 1 atom stereocenters. The first kappa shape index (κ1) is 19.7. The van der Waals surface area contributed by atoms with E-state index >= 15 is 0 Å². The molecule has 1 aliphatic rings. The maximum atomic E-state index is 11.8. The number of aryl methyl sites for hydroxylation is 1. The molecule has 0 saturated carbocycles. The second kappa shape index (κ2) is 6.73. The molecule has 1 N–H and O–H groups in total. The topological polar surface area (TPSA) is 76.4 Å². The van der Waals surface area contributed by atoms with E-state index in [1.165, 1.54) is 17.5 Å². The zero-order valence-electron chi connectivity index (χ0n) is 16.9. The molecule has 0 radical (unpaired) electrons. The Kier molecular flexibility index (Phi) is 4.57. The number of hydrogen-bond acceptors (Lipinski definition) is 3. The monoisotopic (exact) mass is 411 g/mol. The van der Waals surface area contributed by atoms with Crippen LogP contribution < -0.4 is 0 Å². The number of hydrogen-bond donors (Lipinski definition) is 1. The van der Waals surface area contributed by atoms with Crippen LogP contribution in [0.25, 0.3) is 10.9 Å². The number of rotatable bonds is 4. The van der Waals surface area contributed by atoms with Gasteiger partial charge in [-0.25, -0.2) is 8.42 Å². The smallest absolute Gasteiger partial charge is 0.311 e. The first-order chi connectivity index (χ1) is 13.6. The zero-order chi connectivity index (χ0) is 21.0. The highest BCUT2D eigenvalue weighted by atomic mass is 32.2. The predicted molar refractivity (Wildman–Crippen MR) is 113 cm³/mol. The molecule has 3 aromatic rings. The summed E-state index contributed by atoms with van der Waals surface area (Å²) in [5.74, 6) is -0.755. The minimum atomic E-state index is -3.23. The van der Waals surface area contributed by atoms with Crippen molar-refractivity contribution in [2.75, 3.05) is 6.26 Å². The molecule has 2 heterocycles. The van der Waals surface area contributed by atoms with E-state index in [-0.39, 0.29) is 0 Å². The first-order valence-corrected chi connectivity index (χ1v) is 11.6. The van der Waals surface area contributed by atoms with Crippen molar-refractivity contribution >= 4 is 26.7 Å². The van der Waals surface area contributed by atoms with Crippen LogP contribution in [0.4, 0.5) is 0 Å². The summed E-state index contributed by atoms with van der Waals surface area (Å²) in [5.41, 5.74) is 4.74. The van der Waals surface area contributed by atoms with Crippen LogP contribution in [0.5, 0.6) is 0 Å². The number of aliphatic carboxylic acids is 1. The van der Waals surface area contributed by atoms with Gasteiger partial charge in [-0.05, 0) is 61.6 Å². The van der Waals surface area contributed by atoms with Gasteiger partial charge in [0, 0.05) is 35.8 Å². The Morgan fingerprint density at radius 1 is 1.21 bits per heavy atom. The minimum Gasteiger partial charge on any atom is -0.481 e. The van der Waals surface area contributed by atoms with Gasteiger partial charge in [0.1, 0.15) is 0 Å². The lowest BCUT2D eigenvalue weighted by Crippen LogP contribution is -2.37. The fourth-order valence-corrected chi connectivity index (χ4v) is 5.08. The van der Waals surface area contributed by atoms with Crippen LogP contribution in [0.1, 0.15) is 35.7 Å². The van der Waals surface area contributed by atoms with E-state index < -0.39 is 21.2 Å². The van der Waals surface area contributed by atoms with Crippen LogP contribution in [0.3, 0.4) is 0 Å². The highest BCUT2D eigenvalue weighted by Gasteiger charge is 2.38. The van der Waals surface area contributed by atoms with Gasteiger partial charge in [0.05, 0.1) is 10.3 Å². The summed E-state index contributed by atoms with van der Waals surface area (Å²) in [5, 5.41) is 10.8. The van der Waals surface area contributed by atoms with Gasteiger partial charge in [0.25, 0.3) is 0 Å². The molecular formula is C23H25NO4S. The molecule has 0 spiro atoms. The van der Waals surface area contributed by atoms with Crippen LogP contribution in [-0.4, -0.2) is 30.3 Å². The standard InChI is InChI=1S/C23H25NO4S/c1-15-12-17(29(3,27)28)9-8-16(15)13-19-18-6-4-5-7-20(18)24-14-23(2,22(25)26)11-10-21(19)24/h4-9,12H,10-11,13-14H2,1-3H3,(H,25,26). The van der Waals surface area contributed by atoms with Gasteiger partial charge in [-0.1, -0.05) is 24.3 Å². The lowest BCUT2D eigenvalue weighted by molar-refractivity contribution is -0.149. The van der Waals surface area contributed by atoms with Crippen molar-refractivity contribution in [2.45, 2.75) is 44.6 Å². The molecule has 2 aromatic carbocycles. The zero-order valence-corrected chi connectivity index (χ0v) is 17.7. The van der Waals surface area contributed by atoms with Gasteiger partial charge in [-0.3, -0.25) is 4.79 Å². The van der Waals surface area contributed by atoms with E-state index in [2.05, 4.69) is 16.7 Å². The molecule has 6 heteroatoms. The van der Waals surface area contributed by atoms with Crippen molar-refractivity contribution in [1.82, 2.24) is 4.57 Å². The predicted octanol–water partition coefficient (Wildman–Crippen LogP) is 3.98. The molecule has 0 saturated heterocycles. The summed E-state index contributed by atoms with van der Waals surface area (Å²) in [6.07, 6.45) is 3.24. The summed E-state index contributed by atoms with van der Waals surface area (Å²) < 4.78 is 25.9. The van der Waals surface area contributed by atoms with Crippen molar-refractivity contribution in [3.8, 4) is 0 Å². The van der Waals surface area contributed by atoms with Crippen molar-refractivity contribution in [1.29, 1.82) is 0 Å². The quantitative estimate of drug-likeness (QED) is 0.704. The van der Waals surface area contributed by atoms with Crippen molar-refractivity contribution < 1.29 is 18.3 Å². The van der Waals surface area contributed by atoms with E-state index in [9.17, 15) is 18.3 Å². The largest absolute Gasteiger partial charge is 0.481 e. The van der Waals surface area contributed by atoms with Gasteiger partial charge >= 0.3 is 5.97 Å². The molecule has 29 heavy (non-hydrogen) atoms. The number of benzene rings is 2. The van der Waals surface area contributed by atoms with Gasteiger partial charge in [0.2, 0.25) is 0 Å². The number of aromatic nitrogens is 1. The third kappa shape index (κ3) is 3.35. The lowest BCUT2D eigenvalue weighted by atomic mass is 9.81. The summed E-state index contributed by atoms with van der Waals surface area (Å²) in [6, 6.07) is 13.4. The third-order valence-electron chi connectivity index (χ3n) is 6.24. The number of para-hydroxylation sites is 1.